The van der Waals surface area contributed by atoms with Crippen LogP contribution in [0.4, 0.5) is 0 Å². The fourth-order valence-electron chi connectivity index (χ4n) is 5.97. The SMILES string of the molecule is CC(C)[Si](O[C@H]1C[C@H]2C(=O)C[C@@H]1N1CCC(Br)=C[C@@H]21)(C(C)C)C(C)C. The first-order valence-corrected chi connectivity index (χ1v) is 12.9. The molecule has 3 aliphatic heterocycles. The topological polar surface area (TPSA) is 29.5 Å². The summed E-state index contributed by atoms with van der Waals surface area (Å²) in [5.41, 5.74) is 1.78. The first-order chi connectivity index (χ1) is 11.7. The van der Waals surface area contributed by atoms with Gasteiger partial charge in [-0.3, -0.25) is 9.69 Å². The molecule has 1 aliphatic carbocycles. The fourth-order valence-corrected chi connectivity index (χ4v) is 12.0. The van der Waals surface area contributed by atoms with Crippen molar-refractivity contribution in [3.8, 4) is 0 Å². The van der Waals surface area contributed by atoms with Crippen LogP contribution in [0, 0.1) is 5.92 Å². The minimum Gasteiger partial charge on any atom is -0.412 e. The molecule has 0 aromatic rings. The lowest BCUT2D eigenvalue weighted by molar-refractivity contribution is -0.145. The highest BCUT2D eigenvalue weighted by Gasteiger charge is 2.55. The average molecular weight is 428 g/mol. The number of halogens is 1. The standard InChI is InChI=1S/C20H34BrNO2Si/c1-12(2)25(13(3)4,14(5)6)24-20-10-16-17-9-15(21)7-8-22(17)18(20)11-19(16)23/h9,12-14,16-18,20H,7-8,10-11H2,1-6H3/t16-,17+,18+,20+/m1/s1. The van der Waals surface area contributed by atoms with Gasteiger partial charge in [0, 0.05) is 31.0 Å². The lowest BCUT2D eigenvalue weighted by atomic mass is 9.71. The average Bonchev–Trinajstić information content (AvgIpc) is 2.52. The third-order valence-corrected chi connectivity index (χ3v) is 13.8. The van der Waals surface area contributed by atoms with Crippen molar-refractivity contribution >= 4 is 30.0 Å². The summed E-state index contributed by atoms with van der Waals surface area (Å²) in [6.07, 6.45) is 5.19. The number of nitrogens with zero attached hydrogens (tertiary/aromatic N) is 1. The predicted molar refractivity (Wildman–Crippen MR) is 110 cm³/mol. The zero-order chi connectivity index (χ0) is 18.5. The van der Waals surface area contributed by atoms with E-state index in [4.69, 9.17) is 4.43 Å². The second-order valence-electron chi connectivity index (χ2n) is 9.15. The van der Waals surface area contributed by atoms with Crippen LogP contribution in [0.3, 0.4) is 0 Å². The van der Waals surface area contributed by atoms with Crippen molar-refractivity contribution in [2.45, 2.75) is 95.6 Å². The summed E-state index contributed by atoms with van der Waals surface area (Å²) in [5, 5.41) is 0. The van der Waals surface area contributed by atoms with E-state index >= 15 is 0 Å². The third-order valence-electron chi connectivity index (χ3n) is 6.98. The quantitative estimate of drug-likeness (QED) is 0.560. The van der Waals surface area contributed by atoms with Crippen LogP contribution in [0.15, 0.2) is 10.6 Å². The van der Waals surface area contributed by atoms with E-state index in [1.54, 1.807) is 0 Å². The number of carbonyl (C=O) groups is 1. The zero-order valence-electron chi connectivity index (χ0n) is 16.6. The van der Waals surface area contributed by atoms with Gasteiger partial charge in [-0.1, -0.05) is 63.5 Å². The van der Waals surface area contributed by atoms with Gasteiger partial charge < -0.3 is 4.43 Å². The molecule has 0 amide bonds. The Morgan fingerprint density at radius 2 is 1.76 bits per heavy atom. The number of hydrogen-bond donors (Lipinski definition) is 0. The van der Waals surface area contributed by atoms with E-state index < -0.39 is 8.32 Å². The smallest absolute Gasteiger partial charge is 0.200 e. The van der Waals surface area contributed by atoms with Gasteiger partial charge in [0.15, 0.2) is 0 Å². The summed E-state index contributed by atoms with van der Waals surface area (Å²) >= 11 is 3.66. The van der Waals surface area contributed by atoms with Crippen molar-refractivity contribution in [2.75, 3.05) is 6.54 Å². The molecule has 3 nitrogen and oxygen atoms in total. The molecular formula is C20H34BrNO2Si. The Morgan fingerprint density at radius 1 is 1.16 bits per heavy atom. The summed E-state index contributed by atoms with van der Waals surface area (Å²) in [4.78, 5) is 15.2. The second kappa shape index (κ2) is 7.21. The Balaban J connectivity index is 1.89. The van der Waals surface area contributed by atoms with Crippen LogP contribution in [0.25, 0.3) is 0 Å². The molecule has 1 saturated carbocycles. The summed E-state index contributed by atoms with van der Waals surface area (Å²) in [7, 11) is -1.91. The monoisotopic (exact) mass is 427 g/mol. The highest BCUT2D eigenvalue weighted by atomic mass is 79.9. The largest absolute Gasteiger partial charge is 0.412 e. The molecule has 4 atom stereocenters. The van der Waals surface area contributed by atoms with Gasteiger partial charge in [-0.15, -0.1) is 0 Å². The number of hydrogen-bond acceptors (Lipinski definition) is 3. The van der Waals surface area contributed by atoms with Crippen molar-refractivity contribution in [3.63, 3.8) is 0 Å². The Kier molecular flexibility index (Phi) is 5.71. The number of rotatable bonds is 5. The van der Waals surface area contributed by atoms with Crippen molar-refractivity contribution < 1.29 is 9.22 Å². The number of Topliss-reactive ketones (excluding diaryl/α,β-unsaturated/α-hetero) is 1. The van der Waals surface area contributed by atoms with Gasteiger partial charge in [0.2, 0.25) is 8.32 Å². The molecule has 0 unspecified atom stereocenters. The lowest BCUT2D eigenvalue weighted by Crippen LogP contribution is -2.67. The molecule has 0 N–H and O–H groups in total. The Bertz CT molecular complexity index is 538. The zero-order valence-corrected chi connectivity index (χ0v) is 19.2. The second-order valence-corrected chi connectivity index (χ2v) is 15.6. The van der Waals surface area contributed by atoms with E-state index in [2.05, 4.69) is 68.4 Å². The summed E-state index contributed by atoms with van der Waals surface area (Å²) in [5.74, 6) is 0.580. The number of fused-ring (bicyclic) bond motifs is 2. The molecule has 4 rings (SSSR count). The van der Waals surface area contributed by atoms with Gasteiger partial charge in [-0.05, 0) is 33.9 Å². The van der Waals surface area contributed by atoms with Crippen LogP contribution in [0.1, 0.15) is 60.8 Å². The van der Waals surface area contributed by atoms with Gasteiger partial charge in [0.25, 0.3) is 0 Å². The third kappa shape index (κ3) is 3.24. The van der Waals surface area contributed by atoms with Crippen LogP contribution in [-0.2, 0) is 9.22 Å². The molecule has 4 aliphatic rings. The van der Waals surface area contributed by atoms with Gasteiger partial charge in [0.05, 0.1) is 6.10 Å². The summed E-state index contributed by atoms with van der Waals surface area (Å²) < 4.78 is 8.40. The molecule has 3 fully saturated rings. The normalized spacial score (nSPS) is 33.4. The van der Waals surface area contributed by atoms with Crippen LogP contribution in [0.5, 0.6) is 0 Å². The molecule has 25 heavy (non-hydrogen) atoms. The Hall–Kier alpha value is 0.0269. The summed E-state index contributed by atoms with van der Waals surface area (Å²) in [6, 6.07) is 0.574. The first-order valence-electron chi connectivity index (χ1n) is 10.0. The van der Waals surface area contributed by atoms with E-state index in [-0.39, 0.29) is 18.1 Å². The van der Waals surface area contributed by atoms with E-state index in [0.717, 1.165) is 19.4 Å². The van der Waals surface area contributed by atoms with E-state index in [1.807, 2.05) is 0 Å². The lowest BCUT2D eigenvalue weighted by Gasteiger charge is -2.57. The highest BCUT2D eigenvalue weighted by Crippen LogP contribution is 2.48. The molecule has 2 saturated heterocycles. The number of piperidine rings is 2. The van der Waals surface area contributed by atoms with Crippen LogP contribution in [-0.4, -0.2) is 43.7 Å². The predicted octanol–water partition coefficient (Wildman–Crippen LogP) is 5.26. The number of ketones is 1. The van der Waals surface area contributed by atoms with E-state index in [0.29, 0.717) is 34.9 Å². The molecule has 3 heterocycles. The maximum absolute atomic E-state index is 12.6. The van der Waals surface area contributed by atoms with E-state index in [1.165, 1.54) is 4.48 Å². The molecule has 142 valence electrons. The first kappa shape index (κ1) is 19.8. The maximum Gasteiger partial charge on any atom is 0.200 e. The highest BCUT2D eigenvalue weighted by molar-refractivity contribution is 9.11. The van der Waals surface area contributed by atoms with Crippen molar-refractivity contribution in [2.24, 2.45) is 5.92 Å². The maximum atomic E-state index is 12.6. The molecular weight excluding hydrogens is 394 g/mol. The van der Waals surface area contributed by atoms with Crippen LogP contribution in [0.2, 0.25) is 16.6 Å². The van der Waals surface area contributed by atoms with Crippen molar-refractivity contribution in [1.82, 2.24) is 4.90 Å². The molecule has 0 spiro atoms. The molecule has 0 radical (unpaired) electrons. The Labute approximate surface area is 162 Å². The van der Waals surface area contributed by atoms with Gasteiger partial charge in [0.1, 0.15) is 5.78 Å². The molecule has 0 aromatic heterocycles. The van der Waals surface area contributed by atoms with Crippen molar-refractivity contribution in [1.29, 1.82) is 0 Å². The van der Waals surface area contributed by atoms with E-state index in [9.17, 15) is 4.79 Å². The van der Waals surface area contributed by atoms with Crippen LogP contribution >= 0.6 is 15.9 Å². The minimum absolute atomic E-state index is 0.126. The molecule has 5 heteroatoms. The fraction of sp³-hybridized carbons (Fsp3) is 0.850. The van der Waals surface area contributed by atoms with Crippen molar-refractivity contribution in [3.05, 3.63) is 10.6 Å². The van der Waals surface area contributed by atoms with Gasteiger partial charge in [-0.2, -0.15) is 0 Å². The van der Waals surface area contributed by atoms with Gasteiger partial charge >= 0.3 is 0 Å². The Morgan fingerprint density at radius 3 is 2.32 bits per heavy atom. The van der Waals surface area contributed by atoms with Gasteiger partial charge in [-0.25, -0.2) is 0 Å². The molecule has 2 bridgehead atoms. The minimum atomic E-state index is -1.91. The summed E-state index contributed by atoms with van der Waals surface area (Å²) in [6.45, 7) is 15.1. The molecule has 0 aromatic carbocycles. The van der Waals surface area contributed by atoms with Crippen LogP contribution < -0.4 is 0 Å². The number of carbonyl (C=O) groups excluding carboxylic acids is 1.